The van der Waals surface area contributed by atoms with Crippen molar-refractivity contribution >= 4 is 34.0 Å². The lowest BCUT2D eigenvalue weighted by Crippen LogP contribution is -2.51. The lowest BCUT2D eigenvalue weighted by molar-refractivity contribution is 0.370. The highest BCUT2D eigenvalue weighted by atomic mass is 35.5. The zero-order chi connectivity index (χ0) is 18.6. The summed E-state index contributed by atoms with van der Waals surface area (Å²) in [6.07, 6.45) is 1.82. The second kappa shape index (κ2) is 7.93. The number of rotatable bonds is 4. The van der Waals surface area contributed by atoms with E-state index in [0.717, 1.165) is 36.9 Å². The second-order valence-electron chi connectivity index (χ2n) is 5.98. The Kier molecular flexibility index (Phi) is 5.21. The van der Waals surface area contributed by atoms with Crippen LogP contribution in [0, 0.1) is 0 Å². The van der Waals surface area contributed by atoms with E-state index in [2.05, 4.69) is 29.9 Å². The summed E-state index contributed by atoms with van der Waals surface area (Å²) in [5.74, 6) is 1.41. The third-order valence-corrected chi connectivity index (χ3v) is 5.32. The van der Waals surface area contributed by atoms with E-state index in [4.69, 9.17) is 21.9 Å². The van der Waals surface area contributed by atoms with Crippen LogP contribution in [0.2, 0.25) is 5.02 Å². The Hall–Kier alpha value is -2.65. The molecule has 140 valence electrons. The maximum absolute atomic E-state index is 6.13. The summed E-state index contributed by atoms with van der Waals surface area (Å²) in [6.45, 7) is 3.58. The van der Waals surface area contributed by atoms with Crippen molar-refractivity contribution in [2.24, 2.45) is 10.7 Å². The first kappa shape index (κ1) is 17.7. The zero-order valence-electron chi connectivity index (χ0n) is 14.5. The quantitative estimate of drug-likeness (QED) is 0.528. The van der Waals surface area contributed by atoms with Crippen molar-refractivity contribution in [3.05, 3.63) is 46.8 Å². The molecular formula is C17H18ClN7OS. The van der Waals surface area contributed by atoms with E-state index in [1.165, 1.54) is 0 Å². The fourth-order valence-corrected chi connectivity index (χ4v) is 3.61. The molecule has 0 radical (unpaired) electrons. The van der Waals surface area contributed by atoms with Gasteiger partial charge in [0.25, 0.3) is 0 Å². The highest BCUT2D eigenvalue weighted by Gasteiger charge is 2.20. The Morgan fingerprint density at radius 2 is 2.00 bits per heavy atom. The number of hydrogen-bond acceptors (Lipinski definition) is 7. The van der Waals surface area contributed by atoms with Crippen molar-refractivity contribution in [1.82, 2.24) is 20.0 Å². The summed E-state index contributed by atoms with van der Waals surface area (Å²) < 4.78 is 5.26. The molecule has 27 heavy (non-hydrogen) atoms. The van der Waals surface area contributed by atoms with Gasteiger partial charge in [-0.3, -0.25) is 0 Å². The Morgan fingerprint density at radius 1 is 1.22 bits per heavy atom. The van der Waals surface area contributed by atoms with Gasteiger partial charge < -0.3 is 20.1 Å². The predicted molar refractivity (Wildman–Crippen MR) is 106 cm³/mol. The van der Waals surface area contributed by atoms with Crippen LogP contribution in [-0.2, 0) is 6.54 Å². The molecule has 8 nitrogen and oxygen atoms in total. The summed E-state index contributed by atoms with van der Waals surface area (Å²) in [5.41, 5.74) is 6.97. The number of aliphatic imine (C=N–C) groups is 1. The molecule has 0 unspecified atom stereocenters. The number of nitrogens with zero attached hydrogens (tertiary/aromatic N) is 6. The van der Waals surface area contributed by atoms with E-state index < -0.39 is 0 Å². The van der Waals surface area contributed by atoms with Crippen LogP contribution in [0.25, 0.3) is 11.4 Å². The predicted octanol–water partition coefficient (Wildman–Crippen LogP) is 2.48. The van der Waals surface area contributed by atoms with E-state index in [1.54, 1.807) is 23.5 Å². The Bertz CT molecular complexity index is 902. The van der Waals surface area contributed by atoms with Gasteiger partial charge in [-0.05, 0) is 24.3 Å². The van der Waals surface area contributed by atoms with Crippen LogP contribution in [0.3, 0.4) is 0 Å². The van der Waals surface area contributed by atoms with Crippen molar-refractivity contribution in [2.45, 2.75) is 6.54 Å². The zero-order valence-corrected chi connectivity index (χ0v) is 16.0. The lowest BCUT2D eigenvalue weighted by Gasteiger charge is -2.35. The van der Waals surface area contributed by atoms with Crippen molar-refractivity contribution in [1.29, 1.82) is 0 Å². The van der Waals surface area contributed by atoms with E-state index in [1.807, 2.05) is 23.7 Å². The fraction of sp³-hybridized carbons (Fsp3) is 0.294. The van der Waals surface area contributed by atoms with Crippen molar-refractivity contribution in [2.75, 3.05) is 31.1 Å². The van der Waals surface area contributed by atoms with E-state index in [-0.39, 0.29) is 6.54 Å². The van der Waals surface area contributed by atoms with Crippen molar-refractivity contribution < 1.29 is 4.52 Å². The summed E-state index contributed by atoms with van der Waals surface area (Å²) >= 11 is 7.54. The molecule has 1 fully saturated rings. The molecule has 1 saturated heterocycles. The molecule has 3 aromatic rings. The van der Waals surface area contributed by atoms with Gasteiger partial charge in [0, 0.05) is 48.3 Å². The van der Waals surface area contributed by atoms with E-state index >= 15 is 0 Å². The Balaban J connectivity index is 1.34. The molecule has 0 bridgehead atoms. The molecule has 2 N–H and O–H groups in total. The third kappa shape index (κ3) is 4.20. The number of guanidine groups is 1. The summed E-state index contributed by atoms with van der Waals surface area (Å²) in [4.78, 5) is 17.4. The van der Waals surface area contributed by atoms with Gasteiger partial charge >= 0.3 is 0 Å². The minimum absolute atomic E-state index is 0.249. The molecule has 2 aromatic heterocycles. The van der Waals surface area contributed by atoms with Crippen LogP contribution in [-0.4, -0.2) is 52.2 Å². The van der Waals surface area contributed by atoms with E-state index in [9.17, 15) is 0 Å². The second-order valence-corrected chi connectivity index (χ2v) is 7.29. The smallest absolute Gasteiger partial charge is 0.248 e. The van der Waals surface area contributed by atoms with Gasteiger partial charge in [-0.25, -0.2) is 9.98 Å². The van der Waals surface area contributed by atoms with E-state index in [0.29, 0.717) is 22.7 Å². The monoisotopic (exact) mass is 403 g/mol. The molecule has 10 heteroatoms. The minimum Gasteiger partial charge on any atom is -0.370 e. The highest BCUT2D eigenvalue weighted by Crippen LogP contribution is 2.20. The van der Waals surface area contributed by atoms with Crippen molar-refractivity contribution in [3.8, 4) is 11.4 Å². The maximum atomic E-state index is 6.13. The molecule has 1 aromatic carbocycles. The minimum atomic E-state index is 0.249. The number of aromatic nitrogens is 3. The number of thiazole rings is 1. The topological polar surface area (TPSA) is 96.7 Å². The first-order chi connectivity index (χ1) is 13.2. The number of piperazine rings is 1. The standard InChI is InChI=1S/C17H18ClN7OS/c18-13-3-1-12(2-4-13)15-22-14(26-23-15)11-21-16(19)24-6-8-25(9-7-24)17-20-5-10-27-17/h1-5,10H,6-9,11H2,(H2,19,21). The summed E-state index contributed by atoms with van der Waals surface area (Å²) in [5, 5.41) is 7.67. The van der Waals surface area contributed by atoms with Crippen molar-refractivity contribution in [3.63, 3.8) is 0 Å². The number of hydrogen-bond donors (Lipinski definition) is 1. The average molecular weight is 404 g/mol. The molecule has 4 rings (SSSR count). The number of benzene rings is 1. The number of nitrogens with two attached hydrogens (primary N) is 1. The van der Waals surface area contributed by atoms with Gasteiger partial charge in [-0.1, -0.05) is 16.8 Å². The molecule has 3 heterocycles. The number of halogens is 1. The summed E-state index contributed by atoms with van der Waals surface area (Å²) in [6, 6.07) is 7.26. The Labute approximate surface area is 165 Å². The SMILES string of the molecule is NC(=NCc1nc(-c2ccc(Cl)cc2)no1)N1CCN(c2nccs2)CC1. The van der Waals surface area contributed by atoms with Gasteiger partial charge in [-0.15, -0.1) is 11.3 Å². The molecule has 1 aliphatic heterocycles. The van der Waals surface area contributed by atoms with Crippen LogP contribution in [0.4, 0.5) is 5.13 Å². The highest BCUT2D eigenvalue weighted by molar-refractivity contribution is 7.13. The third-order valence-electron chi connectivity index (χ3n) is 4.24. The molecular weight excluding hydrogens is 386 g/mol. The first-order valence-electron chi connectivity index (χ1n) is 8.47. The van der Waals surface area contributed by atoms with Crippen LogP contribution >= 0.6 is 22.9 Å². The molecule has 0 amide bonds. The average Bonchev–Trinajstić information content (AvgIpc) is 3.39. The van der Waals surface area contributed by atoms with Gasteiger partial charge in [0.15, 0.2) is 11.1 Å². The molecule has 1 aliphatic rings. The summed E-state index contributed by atoms with van der Waals surface area (Å²) in [7, 11) is 0. The Morgan fingerprint density at radius 3 is 2.70 bits per heavy atom. The van der Waals surface area contributed by atoms with Gasteiger partial charge in [-0.2, -0.15) is 4.98 Å². The normalized spacial score (nSPS) is 15.4. The van der Waals surface area contributed by atoms with Crippen LogP contribution in [0.15, 0.2) is 45.4 Å². The largest absolute Gasteiger partial charge is 0.370 e. The lowest BCUT2D eigenvalue weighted by atomic mass is 10.2. The number of anilines is 1. The molecule has 0 aliphatic carbocycles. The maximum Gasteiger partial charge on any atom is 0.248 e. The van der Waals surface area contributed by atoms with Gasteiger partial charge in [0.2, 0.25) is 11.7 Å². The molecule has 0 atom stereocenters. The molecule has 0 saturated carbocycles. The molecule has 0 spiro atoms. The van der Waals surface area contributed by atoms with Gasteiger partial charge in [0.1, 0.15) is 6.54 Å². The van der Waals surface area contributed by atoms with Crippen LogP contribution in [0.1, 0.15) is 5.89 Å². The van der Waals surface area contributed by atoms with Crippen LogP contribution in [0.5, 0.6) is 0 Å². The van der Waals surface area contributed by atoms with Gasteiger partial charge in [0.05, 0.1) is 0 Å². The fourth-order valence-electron chi connectivity index (χ4n) is 2.78. The van der Waals surface area contributed by atoms with Crippen LogP contribution < -0.4 is 10.6 Å². The first-order valence-corrected chi connectivity index (χ1v) is 9.72.